The molecule has 1 aliphatic rings. The maximum absolute atomic E-state index is 11.1. The summed E-state index contributed by atoms with van der Waals surface area (Å²) in [4.78, 5) is 11.1. The van der Waals surface area contributed by atoms with Crippen LogP contribution in [0, 0.1) is 5.92 Å². The van der Waals surface area contributed by atoms with Crippen LogP contribution in [0.4, 0.5) is 0 Å². The van der Waals surface area contributed by atoms with Gasteiger partial charge in [0.25, 0.3) is 0 Å². The third-order valence-electron chi connectivity index (χ3n) is 3.65. The number of aliphatic carboxylic acids is 1. The second kappa shape index (κ2) is 6.53. The minimum Gasteiger partial charge on any atom is -0.495 e. The highest BCUT2D eigenvalue weighted by Crippen LogP contribution is 2.47. The molecule has 1 heterocycles. The number of hydrogen-bond donors (Lipinski definition) is 2. The van der Waals surface area contributed by atoms with Crippen LogP contribution in [0.15, 0.2) is 10.5 Å². The number of rotatable bonds is 5. The predicted octanol–water partition coefficient (Wildman–Crippen LogP) is 2.21. The zero-order valence-electron chi connectivity index (χ0n) is 12.1. The lowest BCUT2D eigenvalue weighted by Gasteiger charge is -2.20. The van der Waals surface area contributed by atoms with Crippen molar-refractivity contribution in [2.24, 2.45) is 5.92 Å². The van der Waals surface area contributed by atoms with E-state index >= 15 is 0 Å². The van der Waals surface area contributed by atoms with Crippen molar-refractivity contribution in [1.82, 2.24) is 5.32 Å². The summed E-state index contributed by atoms with van der Waals surface area (Å²) in [5.74, 6) is 0.554. The molecule has 0 radical (unpaired) electrons. The lowest BCUT2D eigenvalue weighted by Crippen LogP contribution is -2.17. The molecule has 6 nitrogen and oxygen atoms in total. The van der Waals surface area contributed by atoms with Crippen LogP contribution in [0.25, 0.3) is 0 Å². The number of methoxy groups -OCH3 is 3. The fourth-order valence-electron chi connectivity index (χ4n) is 2.58. The van der Waals surface area contributed by atoms with Gasteiger partial charge >= 0.3 is 5.97 Å². The second-order valence-electron chi connectivity index (χ2n) is 4.78. The van der Waals surface area contributed by atoms with Crippen LogP contribution >= 0.6 is 15.9 Å². The van der Waals surface area contributed by atoms with Gasteiger partial charge < -0.3 is 24.6 Å². The quantitative estimate of drug-likeness (QED) is 0.839. The van der Waals surface area contributed by atoms with E-state index in [1.54, 1.807) is 21.3 Å². The highest BCUT2D eigenvalue weighted by molar-refractivity contribution is 9.10. The van der Waals surface area contributed by atoms with E-state index in [1.807, 2.05) is 6.07 Å². The van der Waals surface area contributed by atoms with Gasteiger partial charge in [-0.1, -0.05) is 0 Å². The Morgan fingerprint density at radius 3 is 2.43 bits per heavy atom. The first-order chi connectivity index (χ1) is 10.0. The van der Waals surface area contributed by atoms with Gasteiger partial charge in [-0.3, -0.25) is 4.79 Å². The SMILES string of the molecule is COc1cc(C2CC(C(=O)O)CN2)c(OC)c(Br)c1OC. The average molecular weight is 360 g/mol. The Kier molecular flexibility index (Phi) is 4.95. The Labute approximate surface area is 131 Å². The topological polar surface area (TPSA) is 77.0 Å². The van der Waals surface area contributed by atoms with Crippen molar-refractivity contribution < 1.29 is 24.1 Å². The monoisotopic (exact) mass is 359 g/mol. The van der Waals surface area contributed by atoms with Gasteiger partial charge in [-0.25, -0.2) is 0 Å². The van der Waals surface area contributed by atoms with E-state index in [4.69, 9.17) is 19.3 Å². The van der Waals surface area contributed by atoms with Crippen molar-refractivity contribution in [3.05, 3.63) is 16.1 Å². The van der Waals surface area contributed by atoms with Crippen LogP contribution in [0.3, 0.4) is 0 Å². The molecule has 1 aromatic carbocycles. The second-order valence-corrected chi connectivity index (χ2v) is 5.57. The summed E-state index contributed by atoms with van der Waals surface area (Å²) >= 11 is 3.46. The third kappa shape index (κ3) is 2.94. The molecular weight excluding hydrogens is 342 g/mol. The molecule has 1 aromatic rings. The predicted molar refractivity (Wildman–Crippen MR) is 80.3 cm³/mol. The third-order valence-corrected chi connectivity index (χ3v) is 4.38. The van der Waals surface area contributed by atoms with Gasteiger partial charge in [0.2, 0.25) is 0 Å². The largest absolute Gasteiger partial charge is 0.495 e. The van der Waals surface area contributed by atoms with Gasteiger partial charge in [0.15, 0.2) is 11.5 Å². The van der Waals surface area contributed by atoms with Crippen LogP contribution in [-0.2, 0) is 4.79 Å². The molecule has 0 amide bonds. The molecule has 0 aliphatic carbocycles. The summed E-state index contributed by atoms with van der Waals surface area (Å²) in [7, 11) is 4.68. The number of ether oxygens (including phenoxy) is 3. The Bertz CT molecular complexity index is 549. The van der Waals surface area contributed by atoms with Crippen molar-refractivity contribution in [2.75, 3.05) is 27.9 Å². The molecule has 116 valence electrons. The van der Waals surface area contributed by atoms with E-state index in [0.29, 0.717) is 34.7 Å². The van der Waals surface area contributed by atoms with E-state index in [2.05, 4.69) is 21.2 Å². The Morgan fingerprint density at radius 2 is 1.95 bits per heavy atom. The minimum absolute atomic E-state index is 0.0999. The molecule has 1 saturated heterocycles. The number of carbonyl (C=O) groups is 1. The minimum atomic E-state index is -0.788. The fourth-order valence-corrected chi connectivity index (χ4v) is 3.33. The maximum Gasteiger partial charge on any atom is 0.307 e. The first-order valence-corrected chi connectivity index (χ1v) is 7.27. The molecule has 1 aliphatic heterocycles. The summed E-state index contributed by atoms with van der Waals surface area (Å²) in [5, 5.41) is 12.3. The molecule has 0 bridgehead atoms. The van der Waals surface area contributed by atoms with E-state index in [0.717, 1.165) is 5.56 Å². The molecule has 21 heavy (non-hydrogen) atoms. The van der Waals surface area contributed by atoms with Gasteiger partial charge in [-0.05, 0) is 28.4 Å². The van der Waals surface area contributed by atoms with E-state index in [1.165, 1.54) is 0 Å². The van der Waals surface area contributed by atoms with Crippen LogP contribution < -0.4 is 19.5 Å². The molecule has 2 unspecified atom stereocenters. The summed E-state index contributed by atoms with van der Waals surface area (Å²) in [6, 6.07) is 1.72. The van der Waals surface area contributed by atoms with Crippen LogP contribution in [0.2, 0.25) is 0 Å². The van der Waals surface area contributed by atoms with Gasteiger partial charge in [0, 0.05) is 18.2 Å². The molecule has 0 spiro atoms. The molecule has 1 fully saturated rings. The highest BCUT2D eigenvalue weighted by atomic mass is 79.9. The lowest BCUT2D eigenvalue weighted by atomic mass is 9.99. The Hall–Kier alpha value is -1.47. The highest BCUT2D eigenvalue weighted by Gasteiger charge is 2.33. The van der Waals surface area contributed by atoms with Crippen LogP contribution in [-0.4, -0.2) is 38.9 Å². The lowest BCUT2D eigenvalue weighted by molar-refractivity contribution is -0.141. The van der Waals surface area contributed by atoms with Crippen molar-refractivity contribution in [2.45, 2.75) is 12.5 Å². The zero-order chi connectivity index (χ0) is 15.6. The zero-order valence-corrected chi connectivity index (χ0v) is 13.7. The number of carboxylic acids is 1. The smallest absolute Gasteiger partial charge is 0.307 e. The molecular formula is C14H18BrNO5. The normalized spacial score (nSPS) is 21.1. The van der Waals surface area contributed by atoms with Crippen LogP contribution in [0.1, 0.15) is 18.0 Å². The van der Waals surface area contributed by atoms with Gasteiger partial charge in [-0.2, -0.15) is 0 Å². The van der Waals surface area contributed by atoms with Gasteiger partial charge in [0.05, 0.1) is 27.2 Å². The molecule has 0 saturated carbocycles. The number of nitrogens with one attached hydrogen (secondary N) is 1. The summed E-state index contributed by atoms with van der Waals surface area (Å²) < 4.78 is 16.8. The molecule has 2 N–H and O–H groups in total. The standard InChI is InChI=1S/C14H18BrNO5/c1-19-10-5-8(9-4-7(6-16-9)14(17)18)12(20-2)11(15)13(10)21-3/h5,7,9,16H,4,6H2,1-3H3,(H,17,18). The van der Waals surface area contributed by atoms with Crippen LogP contribution in [0.5, 0.6) is 17.2 Å². The Balaban J connectivity index is 2.44. The average Bonchev–Trinajstić information content (AvgIpc) is 2.96. The molecule has 2 rings (SSSR count). The molecule has 7 heteroatoms. The van der Waals surface area contributed by atoms with Crippen molar-refractivity contribution in [3.63, 3.8) is 0 Å². The summed E-state index contributed by atoms with van der Waals surface area (Å²) in [6.45, 7) is 0.440. The van der Waals surface area contributed by atoms with Gasteiger partial charge in [0.1, 0.15) is 10.2 Å². The van der Waals surface area contributed by atoms with Crippen molar-refractivity contribution >= 4 is 21.9 Å². The molecule has 2 atom stereocenters. The number of benzene rings is 1. The fraction of sp³-hybridized carbons (Fsp3) is 0.500. The first-order valence-electron chi connectivity index (χ1n) is 6.48. The first kappa shape index (κ1) is 15.9. The maximum atomic E-state index is 11.1. The summed E-state index contributed by atoms with van der Waals surface area (Å²) in [5.41, 5.74) is 0.853. The van der Waals surface area contributed by atoms with Crippen molar-refractivity contribution in [3.8, 4) is 17.2 Å². The van der Waals surface area contributed by atoms with E-state index in [9.17, 15) is 4.79 Å². The van der Waals surface area contributed by atoms with E-state index < -0.39 is 11.9 Å². The van der Waals surface area contributed by atoms with E-state index in [-0.39, 0.29) is 6.04 Å². The number of hydrogen-bond acceptors (Lipinski definition) is 5. The van der Waals surface area contributed by atoms with Gasteiger partial charge in [-0.15, -0.1) is 0 Å². The summed E-state index contributed by atoms with van der Waals surface area (Å²) in [6.07, 6.45) is 0.508. The number of carboxylic acid groups (broad SMARTS) is 1. The molecule has 0 aromatic heterocycles. The Morgan fingerprint density at radius 1 is 1.29 bits per heavy atom. The van der Waals surface area contributed by atoms with Crippen molar-refractivity contribution in [1.29, 1.82) is 0 Å². The number of halogens is 1.